The zero-order chi connectivity index (χ0) is 16.0. The second-order valence-corrected chi connectivity index (χ2v) is 8.49. The summed E-state index contributed by atoms with van der Waals surface area (Å²) in [5.74, 6) is 2.65. The van der Waals surface area contributed by atoms with Crippen molar-refractivity contribution >= 4 is 11.8 Å². The smallest absolute Gasteiger partial charge is 0.242 e. The lowest BCUT2D eigenvalue weighted by Crippen LogP contribution is -2.56. The Labute approximate surface area is 138 Å². The predicted octanol–water partition coefficient (Wildman–Crippen LogP) is 1.09. The molecule has 0 spiro atoms. The molecule has 23 heavy (non-hydrogen) atoms. The highest BCUT2D eigenvalue weighted by Gasteiger charge is 2.55. The van der Waals surface area contributed by atoms with E-state index in [9.17, 15) is 9.59 Å². The average molecular weight is 319 g/mol. The Balaban J connectivity index is 1.41. The Kier molecular flexibility index (Phi) is 3.87. The maximum Gasteiger partial charge on any atom is 0.242 e. The summed E-state index contributed by atoms with van der Waals surface area (Å²) in [4.78, 5) is 29.2. The van der Waals surface area contributed by atoms with Crippen molar-refractivity contribution in [1.29, 1.82) is 0 Å². The fourth-order valence-electron chi connectivity index (χ4n) is 6.07. The molecule has 0 unspecified atom stereocenters. The number of likely N-dealkylation sites (N-methyl/N-ethyl adjacent to an activating group) is 1. The zero-order valence-corrected chi connectivity index (χ0v) is 14.2. The Morgan fingerprint density at radius 1 is 1.04 bits per heavy atom. The summed E-state index contributed by atoms with van der Waals surface area (Å²) < 4.78 is 0. The second kappa shape index (κ2) is 5.76. The normalized spacial score (nSPS) is 38.7. The van der Waals surface area contributed by atoms with Gasteiger partial charge >= 0.3 is 0 Å². The fraction of sp³-hybridized carbons (Fsp3) is 0.889. The van der Waals surface area contributed by atoms with Crippen molar-refractivity contribution in [3.63, 3.8) is 0 Å². The van der Waals surface area contributed by atoms with Gasteiger partial charge in [-0.1, -0.05) is 0 Å². The van der Waals surface area contributed by atoms with Gasteiger partial charge in [0.1, 0.15) is 0 Å². The molecule has 5 rings (SSSR count). The minimum atomic E-state index is -0.132. The molecule has 2 amide bonds. The number of amides is 2. The molecule has 4 aliphatic carbocycles. The molecule has 1 saturated heterocycles. The molecule has 1 heterocycles. The molecule has 5 fully saturated rings. The molecule has 5 heteroatoms. The van der Waals surface area contributed by atoms with Gasteiger partial charge in [-0.25, -0.2) is 0 Å². The number of carbonyl (C=O) groups excluding carboxylic acids is 2. The fourth-order valence-corrected chi connectivity index (χ4v) is 6.07. The molecule has 5 aliphatic rings. The van der Waals surface area contributed by atoms with Gasteiger partial charge in [0, 0.05) is 33.2 Å². The van der Waals surface area contributed by atoms with Crippen molar-refractivity contribution in [1.82, 2.24) is 15.1 Å². The average Bonchev–Trinajstić information content (AvgIpc) is 2.53. The van der Waals surface area contributed by atoms with Gasteiger partial charge in [-0.3, -0.25) is 9.59 Å². The van der Waals surface area contributed by atoms with Crippen molar-refractivity contribution in [3.05, 3.63) is 0 Å². The highest BCUT2D eigenvalue weighted by Crippen LogP contribution is 2.60. The van der Waals surface area contributed by atoms with Gasteiger partial charge in [-0.2, -0.15) is 0 Å². The van der Waals surface area contributed by atoms with Crippen molar-refractivity contribution in [2.45, 2.75) is 38.5 Å². The van der Waals surface area contributed by atoms with E-state index in [0.29, 0.717) is 0 Å². The summed E-state index contributed by atoms with van der Waals surface area (Å²) in [6, 6.07) is 0. The van der Waals surface area contributed by atoms with Crippen LogP contribution in [0.2, 0.25) is 0 Å². The molecule has 0 atom stereocenters. The molecular formula is C18H29N3O2. The molecule has 0 aromatic rings. The van der Waals surface area contributed by atoms with Crippen molar-refractivity contribution in [2.24, 2.45) is 23.2 Å². The number of carbonyl (C=O) groups is 2. The van der Waals surface area contributed by atoms with Crippen LogP contribution in [0.5, 0.6) is 0 Å². The molecule has 4 saturated carbocycles. The molecule has 4 bridgehead atoms. The van der Waals surface area contributed by atoms with E-state index in [1.165, 1.54) is 19.3 Å². The number of nitrogens with zero attached hydrogens (tertiary/aromatic N) is 2. The van der Waals surface area contributed by atoms with Crippen LogP contribution >= 0.6 is 0 Å². The van der Waals surface area contributed by atoms with Gasteiger partial charge in [0.25, 0.3) is 0 Å². The standard InChI is InChI=1S/C18H29N3O2/c1-20(12-16(22)21-4-2-19-3-5-21)17(23)18-9-13-6-14(10-18)8-15(7-13)11-18/h13-15,19H,2-12H2,1H3. The molecule has 0 radical (unpaired) electrons. The molecule has 1 aliphatic heterocycles. The van der Waals surface area contributed by atoms with Crippen LogP contribution in [0.15, 0.2) is 0 Å². The van der Waals surface area contributed by atoms with Crippen LogP contribution in [0.25, 0.3) is 0 Å². The minimum Gasteiger partial charge on any atom is -0.339 e. The molecule has 1 N–H and O–H groups in total. The first kappa shape index (κ1) is 15.4. The quantitative estimate of drug-likeness (QED) is 0.847. The van der Waals surface area contributed by atoms with E-state index in [2.05, 4.69) is 5.32 Å². The molecule has 0 aromatic heterocycles. The van der Waals surface area contributed by atoms with Gasteiger partial charge in [0.05, 0.1) is 12.0 Å². The van der Waals surface area contributed by atoms with E-state index in [1.807, 2.05) is 11.9 Å². The van der Waals surface area contributed by atoms with Crippen LogP contribution < -0.4 is 5.32 Å². The van der Waals surface area contributed by atoms with E-state index in [4.69, 9.17) is 0 Å². The van der Waals surface area contributed by atoms with Gasteiger partial charge in [0.15, 0.2) is 0 Å². The highest BCUT2D eigenvalue weighted by molar-refractivity contribution is 5.88. The summed E-state index contributed by atoms with van der Waals surface area (Å²) in [7, 11) is 1.83. The Hall–Kier alpha value is -1.10. The first-order valence-corrected chi connectivity index (χ1v) is 9.30. The maximum absolute atomic E-state index is 13.2. The topological polar surface area (TPSA) is 52.7 Å². The number of hydrogen-bond donors (Lipinski definition) is 1. The van der Waals surface area contributed by atoms with Gasteiger partial charge in [-0.05, 0) is 56.3 Å². The van der Waals surface area contributed by atoms with Crippen LogP contribution in [0.4, 0.5) is 0 Å². The zero-order valence-electron chi connectivity index (χ0n) is 14.2. The van der Waals surface area contributed by atoms with E-state index < -0.39 is 0 Å². The monoisotopic (exact) mass is 319 g/mol. The van der Waals surface area contributed by atoms with Gasteiger partial charge in [0.2, 0.25) is 11.8 Å². The number of rotatable bonds is 3. The van der Waals surface area contributed by atoms with E-state index >= 15 is 0 Å². The minimum absolute atomic E-state index is 0.104. The number of piperazine rings is 1. The maximum atomic E-state index is 13.2. The van der Waals surface area contributed by atoms with E-state index in [-0.39, 0.29) is 23.8 Å². The Morgan fingerprint density at radius 2 is 1.57 bits per heavy atom. The molecular weight excluding hydrogens is 290 g/mol. The van der Waals surface area contributed by atoms with E-state index in [0.717, 1.165) is 63.2 Å². The Morgan fingerprint density at radius 3 is 2.09 bits per heavy atom. The number of nitrogens with one attached hydrogen (secondary N) is 1. The SMILES string of the molecule is CN(CC(=O)N1CCNCC1)C(=O)C12CC3CC(CC(C3)C1)C2. The lowest BCUT2D eigenvalue weighted by Gasteiger charge is -2.56. The Bertz CT molecular complexity index is 463. The first-order chi connectivity index (χ1) is 11.1. The first-order valence-electron chi connectivity index (χ1n) is 9.30. The third-order valence-corrected chi connectivity index (χ3v) is 6.68. The highest BCUT2D eigenvalue weighted by atomic mass is 16.2. The van der Waals surface area contributed by atoms with Crippen molar-refractivity contribution < 1.29 is 9.59 Å². The van der Waals surface area contributed by atoms with E-state index in [1.54, 1.807) is 4.90 Å². The van der Waals surface area contributed by atoms with Crippen LogP contribution in [0.3, 0.4) is 0 Å². The predicted molar refractivity (Wildman–Crippen MR) is 87.7 cm³/mol. The van der Waals surface area contributed by atoms with Gasteiger partial charge < -0.3 is 15.1 Å². The number of hydrogen-bond acceptors (Lipinski definition) is 3. The lowest BCUT2D eigenvalue weighted by atomic mass is 9.49. The van der Waals surface area contributed by atoms with Crippen LogP contribution in [-0.2, 0) is 9.59 Å². The molecule has 128 valence electrons. The molecule has 0 aromatic carbocycles. The van der Waals surface area contributed by atoms with Crippen LogP contribution in [-0.4, -0.2) is 61.4 Å². The summed E-state index contributed by atoms with van der Waals surface area (Å²) in [6.07, 6.45) is 7.25. The van der Waals surface area contributed by atoms with Gasteiger partial charge in [-0.15, -0.1) is 0 Å². The molecule has 5 nitrogen and oxygen atoms in total. The lowest BCUT2D eigenvalue weighted by molar-refractivity contribution is -0.158. The van der Waals surface area contributed by atoms with Crippen molar-refractivity contribution in [3.8, 4) is 0 Å². The van der Waals surface area contributed by atoms with Crippen molar-refractivity contribution in [2.75, 3.05) is 39.8 Å². The third kappa shape index (κ3) is 2.77. The summed E-state index contributed by atoms with van der Waals surface area (Å²) in [5.41, 5.74) is -0.132. The largest absolute Gasteiger partial charge is 0.339 e. The van der Waals surface area contributed by atoms with Crippen LogP contribution in [0, 0.1) is 23.2 Å². The summed E-state index contributed by atoms with van der Waals surface area (Å²) in [5, 5.41) is 3.26. The second-order valence-electron chi connectivity index (χ2n) is 8.49. The summed E-state index contributed by atoms with van der Waals surface area (Å²) >= 11 is 0. The third-order valence-electron chi connectivity index (χ3n) is 6.68. The van der Waals surface area contributed by atoms with Crippen LogP contribution in [0.1, 0.15) is 38.5 Å². The summed E-state index contributed by atoms with van der Waals surface area (Å²) in [6.45, 7) is 3.49.